The lowest BCUT2D eigenvalue weighted by Crippen LogP contribution is -1.96. The van der Waals surface area contributed by atoms with E-state index in [2.05, 4.69) is 4.98 Å². The van der Waals surface area contributed by atoms with Crippen LogP contribution in [0.2, 0.25) is 0 Å². The Morgan fingerprint density at radius 1 is 1.85 bits per heavy atom. The SMILES string of the molecule is CCCC(=O)OSc1cnc(N)s1. The highest BCUT2D eigenvalue weighted by molar-refractivity contribution is 7.97. The average molecular weight is 218 g/mol. The van der Waals surface area contributed by atoms with E-state index in [1.165, 1.54) is 11.3 Å². The van der Waals surface area contributed by atoms with Crippen molar-refractivity contribution in [3.8, 4) is 0 Å². The summed E-state index contributed by atoms with van der Waals surface area (Å²) in [7, 11) is 0. The predicted molar refractivity (Wildman–Crippen MR) is 53.4 cm³/mol. The lowest BCUT2D eigenvalue weighted by atomic mass is 10.4. The number of aromatic nitrogens is 1. The topological polar surface area (TPSA) is 65.2 Å². The van der Waals surface area contributed by atoms with Gasteiger partial charge >= 0.3 is 5.97 Å². The van der Waals surface area contributed by atoms with Crippen LogP contribution < -0.4 is 5.73 Å². The van der Waals surface area contributed by atoms with E-state index in [1.807, 2.05) is 6.92 Å². The van der Waals surface area contributed by atoms with Crippen LogP contribution in [0.4, 0.5) is 5.13 Å². The molecule has 0 saturated heterocycles. The van der Waals surface area contributed by atoms with Crippen LogP contribution in [0.1, 0.15) is 19.8 Å². The maximum Gasteiger partial charge on any atom is 0.318 e. The number of nitrogens with zero attached hydrogens (tertiary/aromatic N) is 1. The number of thiazole rings is 1. The summed E-state index contributed by atoms with van der Waals surface area (Å²) < 4.78 is 5.67. The van der Waals surface area contributed by atoms with E-state index in [1.54, 1.807) is 6.20 Å². The Morgan fingerprint density at radius 3 is 3.15 bits per heavy atom. The lowest BCUT2D eigenvalue weighted by Gasteiger charge is -1.97. The smallest absolute Gasteiger partial charge is 0.318 e. The van der Waals surface area contributed by atoms with Crippen LogP contribution in [0.15, 0.2) is 10.4 Å². The van der Waals surface area contributed by atoms with Gasteiger partial charge in [-0.25, -0.2) is 4.98 Å². The minimum atomic E-state index is -0.209. The molecule has 1 heterocycles. The van der Waals surface area contributed by atoms with Crippen molar-refractivity contribution >= 4 is 34.5 Å². The second-order valence-corrected chi connectivity index (χ2v) is 4.40. The summed E-state index contributed by atoms with van der Waals surface area (Å²) in [5, 5.41) is 0.481. The quantitative estimate of drug-likeness (QED) is 0.784. The van der Waals surface area contributed by atoms with Crippen LogP contribution in [-0.4, -0.2) is 11.0 Å². The summed E-state index contributed by atoms with van der Waals surface area (Å²) in [5.74, 6) is -0.209. The van der Waals surface area contributed by atoms with Crippen molar-refractivity contribution in [2.24, 2.45) is 0 Å². The highest BCUT2D eigenvalue weighted by Gasteiger charge is 2.05. The fourth-order valence-corrected chi connectivity index (χ4v) is 1.91. The molecule has 2 N–H and O–H groups in total. The molecule has 13 heavy (non-hydrogen) atoms. The van der Waals surface area contributed by atoms with E-state index in [-0.39, 0.29) is 5.97 Å². The maximum atomic E-state index is 10.9. The first kappa shape index (κ1) is 10.3. The van der Waals surface area contributed by atoms with Gasteiger partial charge in [-0.2, -0.15) is 0 Å². The second-order valence-electron chi connectivity index (χ2n) is 2.31. The van der Waals surface area contributed by atoms with Gasteiger partial charge in [-0.1, -0.05) is 18.3 Å². The fourth-order valence-electron chi connectivity index (χ4n) is 0.644. The van der Waals surface area contributed by atoms with Gasteiger partial charge in [0.15, 0.2) is 5.13 Å². The van der Waals surface area contributed by atoms with Gasteiger partial charge in [0, 0.05) is 6.42 Å². The van der Waals surface area contributed by atoms with E-state index in [9.17, 15) is 4.79 Å². The third-order valence-electron chi connectivity index (χ3n) is 1.17. The molecule has 0 aliphatic rings. The number of carbonyl (C=O) groups is 1. The van der Waals surface area contributed by atoms with Crippen molar-refractivity contribution in [2.75, 3.05) is 5.73 Å². The normalized spacial score (nSPS) is 9.92. The van der Waals surface area contributed by atoms with Crippen molar-refractivity contribution in [3.05, 3.63) is 6.20 Å². The van der Waals surface area contributed by atoms with Gasteiger partial charge in [-0.15, -0.1) is 0 Å². The van der Waals surface area contributed by atoms with E-state index in [4.69, 9.17) is 9.92 Å². The van der Waals surface area contributed by atoms with Gasteiger partial charge in [0.05, 0.1) is 6.20 Å². The number of hydrogen-bond acceptors (Lipinski definition) is 6. The van der Waals surface area contributed by atoms with Crippen LogP contribution in [0.25, 0.3) is 0 Å². The molecule has 0 amide bonds. The van der Waals surface area contributed by atoms with E-state index in [0.717, 1.165) is 22.7 Å². The number of anilines is 1. The second kappa shape index (κ2) is 5.08. The van der Waals surface area contributed by atoms with Gasteiger partial charge in [0.25, 0.3) is 0 Å². The molecule has 0 bridgehead atoms. The molecule has 0 atom stereocenters. The molecule has 0 aromatic carbocycles. The third-order valence-corrected chi connectivity index (χ3v) is 2.79. The number of nitrogens with two attached hydrogens (primary N) is 1. The van der Waals surface area contributed by atoms with Gasteiger partial charge in [0.2, 0.25) is 0 Å². The Hall–Kier alpha value is -0.750. The summed E-state index contributed by atoms with van der Waals surface area (Å²) in [6, 6.07) is 0. The predicted octanol–water partition coefficient (Wildman–Crippen LogP) is 2.08. The van der Waals surface area contributed by atoms with Crippen LogP contribution in [0, 0.1) is 0 Å². The minimum Gasteiger partial charge on any atom is -0.385 e. The van der Waals surface area contributed by atoms with Crippen molar-refractivity contribution in [1.82, 2.24) is 4.98 Å². The average Bonchev–Trinajstić information content (AvgIpc) is 2.49. The van der Waals surface area contributed by atoms with E-state index >= 15 is 0 Å². The number of carbonyl (C=O) groups excluding carboxylic acids is 1. The fraction of sp³-hybridized carbons (Fsp3) is 0.429. The van der Waals surface area contributed by atoms with Gasteiger partial charge in [-0.05, 0) is 6.42 Å². The Kier molecular flexibility index (Phi) is 4.04. The van der Waals surface area contributed by atoms with Gasteiger partial charge in [-0.3, -0.25) is 4.79 Å². The van der Waals surface area contributed by atoms with Crippen molar-refractivity contribution < 1.29 is 8.98 Å². The Balaban J connectivity index is 2.30. The molecule has 1 rings (SSSR count). The highest BCUT2D eigenvalue weighted by Crippen LogP contribution is 2.27. The largest absolute Gasteiger partial charge is 0.385 e. The summed E-state index contributed by atoms with van der Waals surface area (Å²) >= 11 is 2.32. The molecule has 6 heteroatoms. The van der Waals surface area contributed by atoms with Crippen molar-refractivity contribution in [2.45, 2.75) is 24.0 Å². The molecule has 0 saturated carbocycles. The summed E-state index contributed by atoms with van der Waals surface area (Å²) in [4.78, 5) is 14.8. The first-order valence-corrected chi connectivity index (χ1v) is 5.37. The zero-order chi connectivity index (χ0) is 9.68. The van der Waals surface area contributed by atoms with Crippen molar-refractivity contribution in [1.29, 1.82) is 0 Å². The molecule has 0 fully saturated rings. The standard InChI is InChI=1S/C7H10N2O2S2/c1-2-3-5(10)11-13-6-4-9-7(8)12-6/h4H,2-3H2,1H3,(H2,8,9). The van der Waals surface area contributed by atoms with E-state index < -0.39 is 0 Å². The number of rotatable bonds is 4. The minimum absolute atomic E-state index is 0.209. The van der Waals surface area contributed by atoms with Crippen LogP contribution in [-0.2, 0) is 8.98 Å². The Labute approximate surface area is 84.7 Å². The first-order chi connectivity index (χ1) is 6.22. The van der Waals surface area contributed by atoms with Gasteiger partial charge in [0.1, 0.15) is 16.3 Å². The molecular weight excluding hydrogens is 208 g/mol. The van der Waals surface area contributed by atoms with Crippen LogP contribution in [0.3, 0.4) is 0 Å². The third kappa shape index (κ3) is 3.65. The Morgan fingerprint density at radius 2 is 2.62 bits per heavy atom. The lowest BCUT2D eigenvalue weighted by molar-refractivity contribution is -0.133. The molecular formula is C7H10N2O2S2. The molecule has 0 spiro atoms. The molecule has 0 aliphatic carbocycles. The Bertz CT molecular complexity index is 288. The van der Waals surface area contributed by atoms with Crippen LogP contribution >= 0.6 is 23.4 Å². The zero-order valence-electron chi connectivity index (χ0n) is 7.15. The molecule has 1 aromatic rings. The van der Waals surface area contributed by atoms with Gasteiger partial charge < -0.3 is 9.92 Å². The summed E-state index contributed by atoms with van der Waals surface area (Å²) in [6.07, 6.45) is 2.83. The summed E-state index contributed by atoms with van der Waals surface area (Å²) in [6.45, 7) is 1.93. The van der Waals surface area contributed by atoms with Crippen LogP contribution in [0.5, 0.6) is 0 Å². The molecule has 0 radical (unpaired) electrons. The molecule has 1 aromatic heterocycles. The molecule has 0 unspecified atom stereocenters. The monoisotopic (exact) mass is 218 g/mol. The molecule has 4 nitrogen and oxygen atoms in total. The molecule has 0 aliphatic heterocycles. The number of hydrogen-bond donors (Lipinski definition) is 1. The van der Waals surface area contributed by atoms with Crippen molar-refractivity contribution in [3.63, 3.8) is 0 Å². The maximum absolute atomic E-state index is 10.9. The zero-order valence-corrected chi connectivity index (χ0v) is 8.78. The number of nitrogen functional groups attached to an aromatic ring is 1. The molecule has 72 valence electrons. The summed E-state index contributed by atoms with van der Waals surface area (Å²) in [5.41, 5.74) is 5.40. The highest BCUT2D eigenvalue weighted by atomic mass is 32.2. The van der Waals surface area contributed by atoms with E-state index in [0.29, 0.717) is 11.6 Å². The first-order valence-electron chi connectivity index (χ1n) is 3.81.